The summed E-state index contributed by atoms with van der Waals surface area (Å²) in [6.07, 6.45) is 1.18. The van der Waals surface area contributed by atoms with Crippen molar-refractivity contribution in [2.75, 3.05) is 17.2 Å². The van der Waals surface area contributed by atoms with E-state index in [1.54, 1.807) is 24.3 Å². The lowest BCUT2D eigenvalue weighted by Gasteiger charge is -2.23. The van der Waals surface area contributed by atoms with Crippen LogP contribution in [0.4, 0.5) is 5.69 Å². The number of hydrogen-bond donors (Lipinski definition) is 1. The Balaban J connectivity index is 1.60. The molecular formula is C24H25BrN2O4S. The molecule has 1 N–H and O–H groups in total. The molecule has 0 aliphatic carbocycles. The number of amides is 1. The van der Waals surface area contributed by atoms with Gasteiger partial charge in [-0.15, -0.1) is 0 Å². The summed E-state index contributed by atoms with van der Waals surface area (Å²) in [4.78, 5) is 12.3. The molecule has 3 aromatic rings. The van der Waals surface area contributed by atoms with E-state index in [9.17, 15) is 13.2 Å². The van der Waals surface area contributed by atoms with Gasteiger partial charge in [-0.2, -0.15) is 0 Å². The molecule has 3 rings (SSSR count). The Morgan fingerprint density at radius 1 is 1.03 bits per heavy atom. The summed E-state index contributed by atoms with van der Waals surface area (Å²) < 4.78 is 32.5. The van der Waals surface area contributed by atoms with Crippen LogP contribution in [0.1, 0.15) is 24.1 Å². The monoisotopic (exact) mass is 516 g/mol. The van der Waals surface area contributed by atoms with E-state index >= 15 is 0 Å². The zero-order valence-corrected chi connectivity index (χ0v) is 20.3. The van der Waals surface area contributed by atoms with Crippen molar-refractivity contribution < 1.29 is 17.9 Å². The number of nitrogens with one attached hydrogen (secondary N) is 1. The van der Waals surface area contributed by atoms with E-state index in [0.717, 1.165) is 15.6 Å². The molecule has 168 valence electrons. The van der Waals surface area contributed by atoms with Gasteiger partial charge in [-0.1, -0.05) is 58.4 Å². The van der Waals surface area contributed by atoms with E-state index < -0.39 is 10.0 Å². The van der Waals surface area contributed by atoms with E-state index in [1.165, 1.54) is 10.6 Å². The van der Waals surface area contributed by atoms with Crippen LogP contribution in [0.25, 0.3) is 0 Å². The van der Waals surface area contributed by atoms with Crippen LogP contribution in [0, 0.1) is 0 Å². The highest BCUT2D eigenvalue weighted by atomic mass is 79.9. The van der Waals surface area contributed by atoms with Gasteiger partial charge in [-0.3, -0.25) is 9.10 Å². The Hall–Kier alpha value is -2.84. The summed E-state index contributed by atoms with van der Waals surface area (Å²) >= 11 is 3.43. The van der Waals surface area contributed by atoms with Gasteiger partial charge in [-0.25, -0.2) is 8.42 Å². The lowest BCUT2D eigenvalue weighted by molar-refractivity contribution is -0.123. The Bertz CT molecular complexity index is 1150. The Labute approximate surface area is 197 Å². The van der Waals surface area contributed by atoms with E-state index in [4.69, 9.17) is 4.74 Å². The first-order valence-corrected chi connectivity index (χ1v) is 12.7. The van der Waals surface area contributed by atoms with Crippen LogP contribution in [-0.2, 0) is 21.4 Å². The predicted molar refractivity (Wildman–Crippen MR) is 130 cm³/mol. The molecule has 1 atom stereocenters. The number of rotatable bonds is 9. The molecule has 0 aliphatic heterocycles. The number of halogens is 1. The van der Waals surface area contributed by atoms with Gasteiger partial charge in [0, 0.05) is 4.47 Å². The van der Waals surface area contributed by atoms with Crippen molar-refractivity contribution in [1.82, 2.24) is 5.32 Å². The quantitative estimate of drug-likeness (QED) is 0.448. The number of ether oxygens (including phenoxy) is 1. The molecule has 0 aliphatic rings. The van der Waals surface area contributed by atoms with Crippen molar-refractivity contribution in [1.29, 1.82) is 0 Å². The van der Waals surface area contributed by atoms with Crippen molar-refractivity contribution in [2.24, 2.45) is 0 Å². The van der Waals surface area contributed by atoms with Crippen molar-refractivity contribution in [3.05, 3.63) is 94.5 Å². The third kappa shape index (κ3) is 6.83. The molecule has 1 amide bonds. The van der Waals surface area contributed by atoms with Gasteiger partial charge in [0.1, 0.15) is 5.75 Å². The summed E-state index contributed by atoms with van der Waals surface area (Å²) in [5.41, 5.74) is 2.39. The van der Waals surface area contributed by atoms with Crippen LogP contribution < -0.4 is 14.4 Å². The first-order valence-electron chi connectivity index (χ1n) is 10.0. The zero-order chi connectivity index (χ0) is 23.1. The number of carbonyl (C=O) groups is 1. The van der Waals surface area contributed by atoms with Gasteiger partial charge in [0.15, 0.2) is 6.61 Å². The highest BCUT2D eigenvalue weighted by molar-refractivity contribution is 9.10. The van der Waals surface area contributed by atoms with Gasteiger partial charge in [0.05, 0.1) is 24.5 Å². The molecule has 3 aromatic carbocycles. The number of sulfonamides is 1. The molecule has 0 heterocycles. The number of nitrogens with zero attached hydrogens (tertiary/aromatic N) is 1. The van der Waals surface area contributed by atoms with Crippen molar-refractivity contribution in [3.63, 3.8) is 0 Å². The van der Waals surface area contributed by atoms with E-state index in [0.29, 0.717) is 11.4 Å². The molecule has 0 radical (unpaired) electrons. The average Bonchev–Trinajstić information content (AvgIpc) is 2.76. The molecule has 32 heavy (non-hydrogen) atoms. The van der Waals surface area contributed by atoms with E-state index in [2.05, 4.69) is 21.2 Å². The van der Waals surface area contributed by atoms with Crippen LogP contribution in [0.2, 0.25) is 0 Å². The second kappa shape index (κ2) is 10.7. The molecule has 0 unspecified atom stereocenters. The standard InChI is InChI=1S/C24H25BrN2O4S/c1-18(20-9-6-10-21(25)15-20)26-24(28)17-31-23-13-11-22(12-14-23)27(32(2,29)30)16-19-7-4-3-5-8-19/h3-15,18H,16-17H2,1-2H3,(H,26,28)/t18-/m0/s1. The first kappa shape index (κ1) is 23.8. The van der Waals surface area contributed by atoms with Gasteiger partial charge in [-0.05, 0) is 54.4 Å². The minimum atomic E-state index is -3.47. The van der Waals surface area contributed by atoms with Crippen LogP contribution in [0.15, 0.2) is 83.3 Å². The molecule has 0 saturated carbocycles. The third-order valence-electron chi connectivity index (χ3n) is 4.79. The Kier molecular flexibility index (Phi) is 7.93. The molecule has 0 saturated heterocycles. The SMILES string of the molecule is C[C@H](NC(=O)COc1ccc(N(Cc2ccccc2)S(C)(=O)=O)cc1)c1cccc(Br)c1. The minimum Gasteiger partial charge on any atom is -0.484 e. The molecule has 0 aromatic heterocycles. The smallest absolute Gasteiger partial charge is 0.258 e. The molecular weight excluding hydrogens is 492 g/mol. The van der Waals surface area contributed by atoms with Gasteiger partial charge in [0.25, 0.3) is 5.91 Å². The molecule has 6 nitrogen and oxygen atoms in total. The number of benzene rings is 3. The van der Waals surface area contributed by atoms with E-state index in [1.807, 2.05) is 61.5 Å². The maximum Gasteiger partial charge on any atom is 0.258 e. The molecule has 8 heteroatoms. The van der Waals surface area contributed by atoms with Crippen molar-refractivity contribution in [3.8, 4) is 5.75 Å². The number of hydrogen-bond acceptors (Lipinski definition) is 4. The number of carbonyl (C=O) groups excluding carboxylic acids is 1. The summed E-state index contributed by atoms with van der Waals surface area (Å²) in [6.45, 7) is 1.99. The maximum atomic E-state index is 12.3. The van der Waals surface area contributed by atoms with Gasteiger partial charge in [0.2, 0.25) is 10.0 Å². The molecule has 0 fully saturated rings. The second-order valence-electron chi connectivity index (χ2n) is 7.38. The van der Waals surface area contributed by atoms with Gasteiger partial charge < -0.3 is 10.1 Å². The molecule has 0 spiro atoms. The fourth-order valence-corrected chi connectivity index (χ4v) is 4.45. The van der Waals surface area contributed by atoms with Crippen LogP contribution in [0.3, 0.4) is 0 Å². The minimum absolute atomic E-state index is 0.141. The van der Waals surface area contributed by atoms with Crippen LogP contribution in [0.5, 0.6) is 5.75 Å². The summed E-state index contributed by atoms with van der Waals surface area (Å²) in [5.74, 6) is 0.232. The largest absolute Gasteiger partial charge is 0.484 e. The highest BCUT2D eigenvalue weighted by Gasteiger charge is 2.18. The Morgan fingerprint density at radius 2 is 1.72 bits per heavy atom. The fraction of sp³-hybridized carbons (Fsp3) is 0.208. The average molecular weight is 517 g/mol. The first-order chi connectivity index (χ1) is 15.2. The number of anilines is 1. The summed E-state index contributed by atoms with van der Waals surface area (Å²) in [5, 5.41) is 2.90. The third-order valence-corrected chi connectivity index (χ3v) is 6.42. The second-order valence-corrected chi connectivity index (χ2v) is 10.2. The summed E-state index contributed by atoms with van der Waals surface area (Å²) in [7, 11) is -3.47. The van der Waals surface area contributed by atoms with Crippen LogP contribution >= 0.6 is 15.9 Å². The van der Waals surface area contributed by atoms with E-state index in [-0.39, 0.29) is 25.1 Å². The summed E-state index contributed by atoms with van der Waals surface area (Å²) in [6, 6.07) is 23.6. The van der Waals surface area contributed by atoms with Crippen molar-refractivity contribution in [2.45, 2.75) is 19.5 Å². The lowest BCUT2D eigenvalue weighted by atomic mass is 10.1. The zero-order valence-electron chi connectivity index (χ0n) is 17.9. The van der Waals surface area contributed by atoms with Crippen molar-refractivity contribution >= 4 is 37.5 Å². The predicted octanol–water partition coefficient (Wildman–Crippen LogP) is 4.67. The Morgan fingerprint density at radius 3 is 2.34 bits per heavy atom. The van der Waals surface area contributed by atoms with Gasteiger partial charge >= 0.3 is 0 Å². The normalized spacial score (nSPS) is 12.1. The molecule has 0 bridgehead atoms. The lowest BCUT2D eigenvalue weighted by Crippen LogP contribution is -2.31. The fourth-order valence-electron chi connectivity index (χ4n) is 3.15. The highest BCUT2D eigenvalue weighted by Crippen LogP contribution is 2.24. The van der Waals surface area contributed by atoms with Crippen LogP contribution in [-0.4, -0.2) is 27.2 Å². The topological polar surface area (TPSA) is 75.7 Å². The maximum absolute atomic E-state index is 12.3.